The van der Waals surface area contributed by atoms with Crippen LogP contribution in [0.4, 0.5) is 11.7 Å². The van der Waals surface area contributed by atoms with E-state index in [1.807, 2.05) is 43.1 Å². The molecule has 5 nitrogen and oxygen atoms in total. The lowest BCUT2D eigenvalue weighted by atomic mass is 10.3. The number of rotatable bonds is 3. The summed E-state index contributed by atoms with van der Waals surface area (Å²) in [6.45, 7) is 2.53. The fraction of sp³-hybridized carbons (Fsp3) is 0.214. The molecule has 0 aliphatic rings. The Hall–Kier alpha value is -2.43. The Balaban J connectivity index is 1.86. The van der Waals surface area contributed by atoms with Gasteiger partial charge in [0, 0.05) is 18.8 Å². The lowest BCUT2D eigenvalue weighted by molar-refractivity contribution is 0.473. The van der Waals surface area contributed by atoms with E-state index in [-0.39, 0.29) is 0 Å². The second-order valence-electron chi connectivity index (χ2n) is 4.59. The zero-order valence-electron chi connectivity index (χ0n) is 10.9. The lowest BCUT2D eigenvalue weighted by Gasteiger charge is -2.11. The summed E-state index contributed by atoms with van der Waals surface area (Å²) in [5, 5.41) is 0. The van der Waals surface area contributed by atoms with Crippen LogP contribution in [0.2, 0.25) is 0 Å². The van der Waals surface area contributed by atoms with Gasteiger partial charge >= 0.3 is 0 Å². The zero-order valence-corrected chi connectivity index (χ0v) is 10.9. The van der Waals surface area contributed by atoms with Gasteiger partial charge in [0.15, 0.2) is 5.58 Å². The van der Waals surface area contributed by atoms with Gasteiger partial charge in [-0.1, -0.05) is 0 Å². The summed E-state index contributed by atoms with van der Waals surface area (Å²) in [7, 11) is 1.91. The fourth-order valence-corrected chi connectivity index (χ4v) is 1.96. The van der Waals surface area contributed by atoms with E-state index >= 15 is 0 Å². The van der Waals surface area contributed by atoms with Gasteiger partial charge in [-0.05, 0) is 31.2 Å². The Bertz CT molecular complexity index is 714. The first-order valence-electron chi connectivity index (χ1n) is 6.04. The van der Waals surface area contributed by atoms with Gasteiger partial charge in [0.2, 0.25) is 0 Å². The Morgan fingerprint density at radius 2 is 2.05 bits per heavy atom. The van der Waals surface area contributed by atoms with Crippen LogP contribution in [0.1, 0.15) is 11.5 Å². The van der Waals surface area contributed by atoms with Crippen molar-refractivity contribution in [1.29, 1.82) is 0 Å². The standard InChI is InChI=1S/C14H15N3O2/c1-9-3-5-11(18-9)8-17(2)14-16-12-6-4-10(15)7-13(12)19-14/h3-7H,8,15H2,1-2H3. The van der Waals surface area contributed by atoms with Crippen molar-refractivity contribution < 1.29 is 8.83 Å². The van der Waals surface area contributed by atoms with Gasteiger partial charge in [-0.3, -0.25) is 0 Å². The number of oxazole rings is 1. The SMILES string of the molecule is Cc1ccc(CN(C)c2nc3ccc(N)cc3o2)o1. The van der Waals surface area contributed by atoms with Crippen LogP contribution in [0.25, 0.3) is 11.1 Å². The highest BCUT2D eigenvalue weighted by molar-refractivity contribution is 5.78. The fourth-order valence-electron chi connectivity index (χ4n) is 1.96. The maximum atomic E-state index is 5.72. The molecule has 1 aromatic carbocycles. The van der Waals surface area contributed by atoms with Crippen LogP contribution in [-0.2, 0) is 6.54 Å². The maximum Gasteiger partial charge on any atom is 0.298 e. The van der Waals surface area contributed by atoms with Crippen LogP contribution in [-0.4, -0.2) is 12.0 Å². The second-order valence-corrected chi connectivity index (χ2v) is 4.59. The summed E-state index contributed by atoms with van der Waals surface area (Å²) in [6.07, 6.45) is 0. The van der Waals surface area contributed by atoms with E-state index in [1.165, 1.54) is 0 Å². The first-order valence-corrected chi connectivity index (χ1v) is 6.04. The third-order valence-electron chi connectivity index (χ3n) is 2.92. The molecule has 0 fully saturated rings. The van der Waals surface area contributed by atoms with E-state index in [0.29, 0.717) is 23.8 Å². The molecule has 0 saturated carbocycles. The van der Waals surface area contributed by atoms with Crippen molar-refractivity contribution in [2.75, 3.05) is 17.7 Å². The van der Waals surface area contributed by atoms with Gasteiger partial charge in [-0.15, -0.1) is 0 Å². The van der Waals surface area contributed by atoms with Crippen molar-refractivity contribution in [2.24, 2.45) is 0 Å². The maximum absolute atomic E-state index is 5.72. The average molecular weight is 257 g/mol. The third-order valence-corrected chi connectivity index (χ3v) is 2.92. The molecule has 0 aliphatic carbocycles. The Morgan fingerprint density at radius 1 is 1.21 bits per heavy atom. The highest BCUT2D eigenvalue weighted by Crippen LogP contribution is 2.24. The summed E-state index contributed by atoms with van der Waals surface area (Å²) in [6, 6.07) is 9.88. The summed E-state index contributed by atoms with van der Waals surface area (Å²) < 4.78 is 11.2. The minimum absolute atomic E-state index is 0.551. The number of benzene rings is 1. The molecule has 5 heteroatoms. The van der Waals surface area contributed by atoms with Crippen molar-refractivity contribution in [3.63, 3.8) is 0 Å². The minimum atomic E-state index is 0.551. The van der Waals surface area contributed by atoms with Crippen LogP contribution in [0.15, 0.2) is 39.2 Å². The quantitative estimate of drug-likeness (QED) is 0.730. The van der Waals surface area contributed by atoms with E-state index < -0.39 is 0 Å². The average Bonchev–Trinajstić information content (AvgIpc) is 2.95. The zero-order chi connectivity index (χ0) is 13.4. The molecule has 2 N–H and O–H groups in total. The second kappa shape index (κ2) is 4.35. The van der Waals surface area contributed by atoms with Crippen LogP contribution in [0.3, 0.4) is 0 Å². The molecule has 98 valence electrons. The number of fused-ring (bicyclic) bond motifs is 1. The van der Waals surface area contributed by atoms with Crippen molar-refractivity contribution in [3.05, 3.63) is 41.9 Å². The number of nitrogens with two attached hydrogens (primary N) is 1. The molecule has 0 radical (unpaired) electrons. The van der Waals surface area contributed by atoms with Gasteiger partial charge in [0.05, 0.1) is 6.54 Å². The molecule has 3 rings (SSSR count). The predicted octanol–water partition coefficient (Wildman–Crippen LogP) is 2.95. The first-order chi connectivity index (χ1) is 9.11. The predicted molar refractivity (Wildman–Crippen MR) is 74.0 cm³/mol. The summed E-state index contributed by atoms with van der Waals surface area (Å²) in [5.74, 6) is 1.77. The van der Waals surface area contributed by atoms with Crippen molar-refractivity contribution in [2.45, 2.75) is 13.5 Å². The van der Waals surface area contributed by atoms with E-state index in [9.17, 15) is 0 Å². The van der Waals surface area contributed by atoms with Crippen molar-refractivity contribution >= 4 is 22.8 Å². The number of furan rings is 1. The highest BCUT2D eigenvalue weighted by Gasteiger charge is 2.12. The molecule has 2 aromatic heterocycles. The molecule has 0 aliphatic heterocycles. The van der Waals surface area contributed by atoms with E-state index in [2.05, 4.69) is 4.98 Å². The molecular formula is C14H15N3O2. The number of hydrogen-bond acceptors (Lipinski definition) is 5. The molecule has 19 heavy (non-hydrogen) atoms. The molecule has 0 saturated heterocycles. The van der Waals surface area contributed by atoms with E-state index in [0.717, 1.165) is 17.0 Å². The van der Waals surface area contributed by atoms with Gasteiger partial charge in [0.25, 0.3) is 6.01 Å². The Labute approximate surface area is 110 Å². The lowest BCUT2D eigenvalue weighted by Crippen LogP contribution is -2.16. The summed E-state index contributed by atoms with van der Waals surface area (Å²) >= 11 is 0. The van der Waals surface area contributed by atoms with Crippen LogP contribution in [0.5, 0.6) is 0 Å². The number of aromatic nitrogens is 1. The van der Waals surface area contributed by atoms with Crippen molar-refractivity contribution in [3.8, 4) is 0 Å². The molecule has 0 atom stereocenters. The summed E-state index contributed by atoms with van der Waals surface area (Å²) in [5.41, 5.74) is 7.88. The molecule has 0 bridgehead atoms. The molecule has 2 heterocycles. The third kappa shape index (κ3) is 2.27. The van der Waals surface area contributed by atoms with Crippen molar-refractivity contribution in [1.82, 2.24) is 4.98 Å². The Morgan fingerprint density at radius 3 is 2.79 bits per heavy atom. The Kier molecular flexibility index (Phi) is 2.67. The normalized spacial score (nSPS) is 11.1. The molecular weight excluding hydrogens is 242 g/mol. The van der Waals surface area contributed by atoms with Gasteiger partial charge in [-0.2, -0.15) is 4.98 Å². The molecule has 0 unspecified atom stereocenters. The largest absolute Gasteiger partial charge is 0.464 e. The monoisotopic (exact) mass is 257 g/mol. The highest BCUT2D eigenvalue weighted by atomic mass is 16.4. The molecule has 0 amide bonds. The smallest absolute Gasteiger partial charge is 0.298 e. The topological polar surface area (TPSA) is 68.4 Å². The van der Waals surface area contributed by atoms with Gasteiger partial charge in [0.1, 0.15) is 17.0 Å². The number of anilines is 2. The minimum Gasteiger partial charge on any atom is -0.464 e. The van der Waals surface area contributed by atoms with E-state index in [1.54, 1.807) is 6.07 Å². The van der Waals surface area contributed by atoms with Crippen LogP contribution in [0, 0.1) is 6.92 Å². The number of nitrogens with zero attached hydrogens (tertiary/aromatic N) is 2. The van der Waals surface area contributed by atoms with Gasteiger partial charge in [-0.25, -0.2) is 0 Å². The van der Waals surface area contributed by atoms with Crippen LogP contribution < -0.4 is 10.6 Å². The molecule has 3 aromatic rings. The first kappa shape index (κ1) is 11.6. The number of aryl methyl sites for hydroxylation is 1. The number of nitrogen functional groups attached to an aromatic ring is 1. The molecule has 0 spiro atoms. The number of hydrogen-bond donors (Lipinski definition) is 1. The van der Waals surface area contributed by atoms with Crippen LogP contribution >= 0.6 is 0 Å². The summed E-state index contributed by atoms with van der Waals surface area (Å²) in [4.78, 5) is 6.32. The van der Waals surface area contributed by atoms with E-state index in [4.69, 9.17) is 14.6 Å². The van der Waals surface area contributed by atoms with Gasteiger partial charge < -0.3 is 19.5 Å².